The molecule has 1 rings (SSSR count). The molecule has 3 nitrogen and oxygen atoms in total. The first-order valence-electron chi connectivity index (χ1n) is 3.11. The topological polar surface area (TPSA) is 46.5 Å². The van der Waals surface area contributed by atoms with E-state index in [9.17, 15) is 7.84 Å². The summed E-state index contributed by atoms with van der Waals surface area (Å²) in [6, 6.07) is 8.37. The van der Waals surface area contributed by atoms with Crippen molar-refractivity contribution in [3.05, 3.63) is 30.3 Å². The molecule has 0 saturated heterocycles. The fourth-order valence-corrected chi connectivity index (χ4v) is 2.32. The van der Waals surface area contributed by atoms with Crippen LogP contribution in [0.2, 0.25) is 0 Å². The first kappa shape index (κ1) is 8.59. The Balaban J connectivity index is 3.03. The summed E-state index contributed by atoms with van der Waals surface area (Å²) in [6.07, 6.45) is 0. The van der Waals surface area contributed by atoms with Crippen LogP contribution in [0, 0.1) is 0 Å². The van der Waals surface area contributed by atoms with Gasteiger partial charge in [-0.3, -0.25) is 0 Å². The van der Waals surface area contributed by atoms with Gasteiger partial charge in [-0.2, -0.15) is 0 Å². The Morgan fingerprint density at radius 3 is 2.36 bits per heavy atom. The molecular formula is C7H9AsO3. The van der Waals surface area contributed by atoms with E-state index < -0.39 is 14.2 Å². The summed E-state index contributed by atoms with van der Waals surface area (Å²) in [5.74, 6) is 0. The molecule has 0 spiro atoms. The van der Waals surface area contributed by atoms with Gasteiger partial charge in [-0.25, -0.2) is 0 Å². The van der Waals surface area contributed by atoms with Gasteiger partial charge in [0.1, 0.15) is 0 Å². The molecule has 1 aromatic carbocycles. The second kappa shape index (κ2) is 3.26. The summed E-state index contributed by atoms with van der Waals surface area (Å²) in [7, 11) is 1.24. The molecule has 0 aliphatic carbocycles. The number of hydrogen-bond donors (Lipinski definition) is 1. The van der Waals surface area contributed by atoms with Crippen molar-refractivity contribution in [3.63, 3.8) is 0 Å². The van der Waals surface area contributed by atoms with Crippen LogP contribution in [0.15, 0.2) is 30.3 Å². The van der Waals surface area contributed by atoms with Crippen LogP contribution in [0.1, 0.15) is 0 Å². The minimum atomic E-state index is -4.13. The summed E-state index contributed by atoms with van der Waals surface area (Å²) < 4.78 is 25.2. The fraction of sp³-hybridized carbons (Fsp3) is 0.143. The monoisotopic (exact) mass is 216 g/mol. The third kappa shape index (κ3) is 1.96. The van der Waals surface area contributed by atoms with Crippen molar-refractivity contribution < 1.29 is 11.6 Å². The number of benzene rings is 1. The Morgan fingerprint density at radius 1 is 1.36 bits per heavy atom. The Morgan fingerprint density at radius 2 is 1.91 bits per heavy atom. The van der Waals surface area contributed by atoms with Gasteiger partial charge in [0.15, 0.2) is 0 Å². The zero-order valence-corrected chi connectivity index (χ0v) is 7.97. The van der Waals surface area contributed by atoms with E-state index in [1.165, 1.54) is 7.11 Å². The molecule has 4 heteroatoms. The van der Waals surface area contributed by atoms with Gasteiger partial charge < -0.3 is 0 Å². The van der Waals surface area contributed by atoms with E-state index in [-0.39, 0.29) is 0 Å². The summed E-state index contributed by atoms with van der Waals surface area (Å²) >= 11 is -4.13. The van der Waals surface area contributed by atoms with Crippen LogP contribution in [-0.4, -0.2) is 25.4 Å². The number of rotatable bonds is 2. The average molecular weight is 216 g/mol. The van der Waals surface area contributed by atoms with Gasteiger partial charge in [-0.05, 0) is 0 Å². The molecule has 0 aliphatic heterocycles. The second-order valence-electron chi connectivity index (χ2n) is 2.04. The molecule has 0 radical (unpaired) electrons. The summed E-state index contributed by atoms with van der Waals surface area (Å²) in [5, 5.41) is 0. The van der Waals surface area contributed by atoms with Crippen molar-refractivity contribution in [1.82, 2.24) is 0 Å². The first-order chi connectivity index (χ1) is 5.17. The van der Waals surface area contributed by atoms with E-state index in [1.54, 1.807) is 30.3 Å². The van der Waals surface area contributed by atoms with Gasteiger partial charge in [0.2, 0.25) is 0 Å². The quantitative estimate of drug-likeness (QED) is 0.702. The molecule has 0 saturated carbocycles. The van der Waals surface area contributed by atoms with Crippen molar-refractivity contribution in [2.45, 2.75) is 0 Å². The molecule has 0 aromatic heterocycles. The van der Waals surface area contributed by atoms with Gasteiger partial charge in [-0.1, -0.05) is 0 Å². The van der Waals surface area contributed by atoms with Crippen molar-refractivity contribution in [2.75, 3.05) is 7.11 Å². The molecule has 11 heavy (non-hydrogen) atoms. The van der Waals surface area contributed by atoms with E-state index in [0.717, 1.165) is 0 Å². The van der Waals surface area contributed by atoms with Crippen LogP contribution in [0.5, 0.6) is 0 Å². The fourth-order valence-electron chi connectivity index (χ4n) is 0.722. The molecule has 1 N–H and O–H groups in total. The van der Waals surface area contributed by atoms with E-state index in [0.29, 0.717) is 4.35 Å². The Hall–Kier alpha value is -0.502. The third-order valence-corrected chi connectivity index (χ3v) is 4.36. The standard InChI is InChI=1S/C7H9AsO3/c1-11-8(9,10)7-5-3-2-4-6-7/h2-6H,1H3,(H,9,10). The Kier molecular flexibility index (Phi) is 2.55. The molecule has 0 amide bonds. The van der Waals surface area contributed by atoms with Crippen LogP contribution in [0.3, 0.4) is 0 Å². The van der Waals surface area contributed by atoms with E-state index in [1.807, 2.05) is 0 Å². The van der Waals surface area contributed by atoms with Gasteiger partial charge >= 0.3 is 67.5 Å². The molecule has 0 aliphatic rings. The molecular weight excluding hydrogens is 207 g/mol. The Bertz CT molecular complexity index is 270. The van der Waals surface area contributed by atoms with Gasteiger partial charge in [0.25, 0.3) is 0 Å². The van der Waals surface area contributed by atoms with Gasteiger partial charge in [0, 0.05) is 0 Å². The first-order valence-corrected chi connectivity index (χ1v) is 6.42. The summed E-state index contributed by atoms with van der Waals surface area (Å²) in [5.41, 5.74) is 0. The molecule has 1 atom stereocenters. The third-order valence-electron chi connectivity index (χ3n) is 1.33. The SMILES string of the molecule is CO[As](=O)(O)c1ccccc1. The second-order valence-corrected chi connectivity index (χ2v) is 6.07. The molecule has 0 heterocycles. The predicted octanol–water partition coefficient (Wildman–Crippen LogP) is -0.0983. The van der Waals surface area contributed by atoms with Crippen molar-refractivity contribution >= 4 is 18.5 Å². The zero-order chi connectivity index (χ0) is 8.32. The maximum atomic E-state index is 11.2. The van der Waals surface area contributed by atoms with Crippen LogP contribution < -0.4 is 4.35 Å². The van der Waals surface area contributed by atoms with Crippen LogP contribution in [-0.2, 0) is 7.47 Å². The van der Waals surface area contributed by atoms with Crippen LogP contribution in [0.4, 0.5) is 0 Å². The Labute approximate surface area is 68.0 Å². The number of hydrogen-bond acceptors (Lipinski definition) is 2. The maximum absolute atomic E-state index is 11.2. The molecule has 1 aromatic rings. The van der Waals surface area contributed by atoms with Crippen molar-refractivity contribution in [2.24, 2.45) is 0 Å². The van der Waals surface area contributed by atoms with E-state index in [4.69, 9.17) is 0 Å². The summed E-state index contributed by atoms with van der Waals surface area (Å²) in [4.78, 5) is 0. The molecule has 1 unspecified atom stereocenters. The van der Waals surface area contributed by atoms with Crippen molar-refractivity contribution in [3.8, 4) is 0 Å². The van der Waals surface area contributed by atoms with Gasteiger partial charge in [-0.15, -0.1) is 0 Å². The normalized spacial score (nSPS) is 15.8. The summed E-state index contributed by atoms with van der Waals surface area (Å²) in [6.45, 7) is 0. The minimum absolute atomic E-state index is 0.383. The van der Waals surface area contributed by atoms with Crippen LogP contribution >= 0.6 is 0 Å². The van der Waals surface area contributed by atoms with Gasteiger partial charge in [0.05, 0.1) is 0 Å². The van der Waals surface area contributed by atoms with Crippen molar-refractivity contribution in [1.29, 1.82) is 0 Å². The molecule has 0 bridgehead atoms. The van der Waals surface area contributed by atoms with E-state index >= 15 is 0 Å². The average Bonchev–Trinajstić information content (AvgIpc) is 2.06. The molecule has 60 valence electrons. The van der Waals surface area contributed by atoms with Crippen LogP contribution in [0.25, 0.3) is 0 Å². The van der Waals surface area contributed by atoms with E-state index in [2.05, 4.69) is 3.73 Å². The predicted molar refractivity (Wildman–Crippen MR) is 41.7 cm³/mol. The molecule has 0 fully saturated rings. The zero-order valence-electron chi connectivity index (χ0n) is 6.10.